The molecular formula is C24H19NO4. The predicted octanol–water partition coefficient (Wildman–Crippen LogP) is 4.86. The van der Waals surface area contributed by atoms with Crippen LogP contribution in [0.1, 0.15) is 11.1 Å². The number of nitriles is 1. The van der Waals surface area contributed by atoms with Crippen LogP contribution < -0.4 is 14.2 Å². The lowest BCUT2D eigenvalue weighted by Gasteiger charge is -2.07. The molecule has 5 heteroatoms. The van der Waals surface area contributed by atoms with Gasteiger partial charge in [-0.15, -0.1) is 0 Å². The summed E-state index contributed by atoms with van der Waals surface area (Å²) in [6.45, 7) is 0. The molecule has 0 aliphatic heterocycles. The largest absolute Gasteiger partial charge is 0.493 e. The van der Waals surface area contributed by atoms with E-state index in [0.717, 1.165) is 16.7 Å². The van der Waals surface area contributed by atoms with Crippen LogP contribution in [0.25, 0.3) is 17.2 Å². The third-order valence-corrected chi connectivity index (χ3v) is 4.24. The number of methoxy groups -OCH3 is 2. The van der Waals surface area contributed by atoms with Crippen LogP contribution in [0.3, 0.4) is 0 Å². The summed E-state index contributed by atoms with van der Waals surface area (Å²) >= 11 is 0. The summed E-state index contributed by atoms with van der Waals surface area (Å²) in [5.41, 5.74) is 3.35. The van der Waals surface area contributed by atoms with E-state index in [1.807, 2.05) is 30.3 Å². The quantitative estimate of drug-likeness (QED) is 0.344. The third kappa shape index (κ3) is 5.02. The van der Waals surface area contributed by atoms with Crippen LogP contribution in [0.15, 0.2) is 72.8 Å². The lowest BCUT2D eigenvalue weighted by molar-refractivity contribution is -0.128. The Bertz CT molecular complexity index is 1060. The van der Waals surface area contributed by atoms with Crippen LogP contribution in [0.4, 0.5) is 0 Å². The highest BCUT2D eigenvalue weighted by molar-refractivity contribution is 5.89. The first kappa shape index (κ1) is 19.7. The van der Waals surface area contributed by atoms with Crippen molar-refractivity contribution in [1.82, 2.24) is 0 Å². The number of benzene rings is 3. The van der Waals surface area contributed by atoms with Gasteiger partial charge in [0.25, 0.3) is 0 Å². The van der Waals surface area contributed by atoms with Crippen molar-refractivity contribution in [2.75, 3.05) is 14.2 Å². The maximum absolute atomic E-state index is 12.1. The molecule has 0 heterocycles. The molecule has 0 N–H and O–H groups in total. The topological polar surface area (TPSA) is 68.5 Å². The lowest BCUT2D eigenvalue weighted by atomic mass is 10.0. The number of rotatable bonds is 6. The molecule has 0 unspecified atom stereocenters. The fourth-order valence-corrected chi connectivity index (χ4v) is 2.72. The first-order valence-corrected chi connectivity index (χ1v) is 8.85. The summed E-state index contributed by atoms with van der Waals surface area (Å²) in [5.74, 6) is 1.17. The van der Waals surface area contributed by atoms with Crippen LogP contribution >= 0.6 is 0 Å². The molecule has 3 aromatic rings. The molecule has 0 radical (unpaired) electrons. The zero-order valence-corrected chi connectivity index (χ0v) is 16.1. The minimum absolute atomic E-state index is 0.448. The molecule has 0 spiro atoms. The van der Waals surface area contributed by atoms with E-state index >= 15 is 0 Å². The van der Waals surface area contributed by atoms with E-state index < -0.39 is 5.97 Å². The molecule has 0 fully saturated rings. The normalized spacial score (nSPS) is 10.4. The van der Waals surface area contributed by atoms with Gasteiger partial charge in [0.05, 0.1) is 25.9 Å². The summed E-state index contributed by atoms with van der Waals surface area (Å²) < 4.78 is 15.8. The molecule has 0 saturated carbocycles. The van der Waals surface area contributed by atoms with E-state index in [2.05, 4.69) is 6.07 Å². The minimum Gasteiger partial charge on any atom is -0.493 e. The van der Waals surface area contributed by atoms with E-state index in [1.54, 1.807) is 56.7 Å². The van der Waals surface area contributed by atoms with Crippen LogP contribution in [-0.4, -0.2) is 20.2 Å². The molecule has 3 aromatic carbocycles. The number of esters is 1. The molecular weight excluding hydrogens is 366 g/mol. The van der Waals surface area contributed by atoms with Crippen LogP contribution in [0, 0.1) is 11.3 Å². The van der Waals surface area contributed by atoms with Crippen LogP contribution in [0.2, 0.25) is 0 Å². The number of carbonyl (C=O) groups excluding carboxylic acids is 1. The van der Waals surface area contributed by atoms with Gasteiger partial charge in [-0.1, -0.05) is 30.3 Å². The summed E-state index contributed by atoms with van der Waals surface area (Å²) in [6, 6.07) is 21.9. The van der Waals surface area contributed by atoms with Crippen molar-refractivity contribution in [2.24, 2.45) is 0 Å². The van der Waals surface area contributed by atoms with Gasteiger partial charge in [-0.3, -0.25) is 0 Å². The first-order valence-electron chi connectivity index (χ1n) is 8.85. The number of ether oxygens (including phenoxy) is 3. The summed E-state index contributed by atoms with van der Waals surface area (Å²) in [7, 11) is 3.12. The van der Waals surface area contributed by atoms with Gasteiger partial charge in [0.2, 0.25) is 0 Å². The van der Waals surface area contributed by atoms with E-state index in [9.17, 15) is 4.79 Å². The lowest BCUT2D eigenvalue weighted by Crippen LogP contribution is -2.03. The summed E-state index contributed by atoms with van der Waals surface area (Å²) in [4.78, 5) is 12.1. The van der Waals surface area contributed by atoms with Crippen molar-refractivity contribution in [3.8, 4) is 34.4 Å². The Kier molecular flexibility index (Phi) is 6.29. The fourth-order valence-electron chi connectivity index (χ4n) is 2.72. The third-order valence-electron chi connectivity index (χ3n) is 4.24. The maximum atomic E-state index is 12.1. The molecule has 0 aromatic heterocycles. The molecule has 0 atom stereocenters. The van der Waals surface area contributed by atoms with Crippen molar-refractivity contribution >= 4 is 12.0 Å². The van der Waals surface area contributed by atoms with E-state index in [1.165, 1.54) is 6.08 Å². The average Bonchev–Trinajstić information content (AvgIpc) is 2.78. The Morgan fingerprint density at radius 3 is 2.07 bits per heavy atom. The maximum Gasteiger partial charge on any atom is 0.336 e. The molecule has 5 nitrogen and oxygen atoms in total. The smallest absolute Gasteiger partial charge is 0.336 e. The Balaban J connectivity index is 1.64. The molecule has 0 bridgehead atoms. The number of hydrogen-bond acceptors (Lipinski definition) is 5. The highest BCUT2D eigenvalue weighted by Gasteiger charge is 2.05. The van der Waals surface area contributed by atoms with E-state index in [-0.39, 0.29) is 0 Å². The average molecular weight is 385 g/mol. The molecule has 0 aliphatic rings. The molecule has 29 heavy (non-hydrogen) atoms. The van der Waals surface area contributed by atoms with Crippen molar-refractivity contribution in [2.45, 2.75) is 0 Å². The zero-order valence-electron chi connectivity index (χ0n) is 16.1. The Morgan fingerprint density at radius 1 is 0.862 bits per heavy atom. The van der Waals surface area contributed by atoms with Crippen molar-refractivity contribution < 1.29 is 19.0 Å². The van der Waals surface area contributed by atoms with Gasteiger partial charge in [0.1, 0.15) is 5.75 Å². The van der Waals surface area contributed by atoms with Gasteiger partial charge in [-0.2, -0.15) is 5.26 Å². The molecule has 0 saturated heterocycles. The van der Waals surface area contributed by atoms with E-state index in [0.29, 0.717) is 22.8 Å². The highest BCUT2D eigenvalue weighted by Crippen LogP contribution is 2.28. The van der Waals surface area contributed by atoms with Gasteiger partial charge in [-0.25, -0.2) is 4.79 Å². The Labute approximate surface area is 169 Å². The monoisotopic (exact) mass is 385 g/mol. The van der Waals surface area contributed by atoms with Crippen LogP contribution in [-0.2, 0) is 4.79 Å². The Hall–Kier alpha value is -4.04. The first-order chi connectivity index (χ1) is 14.1. The van der Waals surface area contributed by atoms with Gasteiger partial charge < -0.3 is 14.2 Å². The van der Waals surface area contributed by atoms with Crippen molar-refractivity contribution in [1.29, 1.82) is 5.26 Å². The molecule has 144 valence electrons. The van der Waals surface area contributed by atoms with Gasteiger partial charge in [0.15, 0.2) is 11.5 Å². The van der Waals surface area contributed by atoms with Crippen molar-refractivity contribution in [3.63, 3.8) is 0 Å². The number of hydrogen-bond donors (Lipinski definition) is 0. The second-order valence-electron chi connectivity index (χ2n) is 6.08. The standard InChI is InChI=1S/C24H19NO4/c1-27-22-13-5-17(15-23(22)28-2)6-14-24(26)29-21-11-9-20(10-12-21)19-7-3-18(16-25)4-8-19/h3-15H,1-2H3/b14-6+. The molecule has 0 amide bonds. The summed E-state index contributed by atoms with van der Waals surface area (Å²) in [5, 5.41) is 8.87. The Morgan fingerprint density at radius 2 is 1.48 bits per heavy atom. The number of nitrogens with zero attached hydrogens (tertiary/aromatic N) is 1. The fraction of sp³-hybridized carbons (Fsp3) is 0.0833. The molecule has 0 aliphatic carbocycles. The highest BCUT2D eigenvalue weighted by atomic mass is 16.5. The molecule has 3 rings (SSSR count). The van der Waals surface area contributed by atoms with E-state index in [4.69, 9.17) is 19.5 Å². The van der Waals surface area contributed by atoms with Gasteiger partial charge >= 0.3 is 5.97 Å². The van der Waals surface area contributed by atoms with Crippen LogP contribution in [0.5, 0.6) is 17.2 Å². The minimum atomic E-state index is -0.481. The van der Waals surface area contributed by atoms with Gasteiger partial charge in [0, 0.05) is 6.08 Å². The second-order valence-corrected chi connectivity index (χ2v) is 6.08. The summed E-state index contributed by atoms with van der Waals surface area (Å²) in [6.07, 6.45) is 3.01. The predicted molar refractivity (Wildman–Crippen MR) is 111 cm³/mol. The number of carbonyl (C=O) groups is 1. The SMILES string of the molecule is COc1ccc(/C=C/C(=O)Oc2ccc(-c3ccc(C#N)cc3)cc2)cc1OC. The zero-order chi connectivity index (χ0) is 20.6. The second kappa shape index (κ2) is 9.25. The van der Waals surface area contributed by atoms with Gasteiger partial charge in [-0.05, 0) is 59.2 Å². The van der Waals surface area contributed by atoms with Crippen molar-refractivity contribution in [3.05, 3.63) is 83.9 Å².